The Morgan fingerprint density at radius 2 is 1.83 bits per heavy atom. The summed E-state index contributed by atoms with van der Waals surface area (Å²) in [6.07, 6.45) is 4.44. The molecule has 2 fully saturated rings. The number of halogens is 1. The fourth-order valence-corrected chi connectivity index (χ4v) is 3.32. The van der Waals surface area contributed by atoms with Gasteiger partial charge in [0, 0.05) is 25.2 Å². The van der Waals surface area contributed by atoms with Crippen molar-refractivity contribution in [3.8, 4) is 0 Å². The van der Waals surface area contributed by atoms with Crippen molar-refractivity contribution in [1.82, 2.24) is 14.9 Å². The number of nitrogens with zero attached hydrogens (tertiary/aromatic N) is 4. The first-order valence-corrected chi connectivity index (χ1v) is 9.59. The Hall–Kier alpha value is -3.30. The summed E-state index contributed by atoms with van der Waals surface area (Å²) in [5.74, 6) is -0.295. The summed E-state index contributed by atoms with van der Waals surface area (Å²) in [7, 11) is 0. The summed E-state index contributed by atoms with van der Waals surface area (Å²) in [6.45, 7) is 0.954. The molecule has 0 unspecified atom stereocenters. The topological polar surface area (TPSA) is 113 Å². The number of nitrogens with one attached hydrogen (secondary N) is 2. The lowest BCUT2D eigenvalue weighted by atomic mass is 10.0. The van der Waals surface area contributed by atoms with Gasteiger partial charge in [-0.15, -0.1) is 0 Å². The number of hydrogen-bond donors (Lipinski definition) is 2. The number of nitro groups is 1. The minimum Gasteiger partial charge on any atom is -0.361 e. The van der Waals surface area contributed by atoms with Gasteiger partial charge in [0.25, 0.3) is 5.91 Å². The normalized spacial score (nSPS) is 17.1. The molecular formula is C19H21FN6O3. The number of aromatic nitrogens is 2. The molecule has 0 radical (unpaired) electrons. The molecule has 2 aromatic rings. The van der Waals surface area contributed by atoms with Crippen LogP contribution < -0.4 is 10.6 Å². The molecule has 1 saturated heterocycles. The highest BCUT2D eigenvalue weighted by molar-refractivity contribution is 5.94. The maximum atomic E-state index is 13.9. The number of likely N-dealkylation sites (tertiary alicyclic amines) is 1. The highest BCUT2D eigenvalue weighted by Crippen LogP contribution is 2.29. The van der Waals surface area contributed by atoms with Gasteiger partial charge in [-0.3, -0.25) is 14.9 Å². The van der Waals surface area contributed by atoms with E-state index < -0.39 is 10.7 Å². The van der Waals surface area contributed by atoms with Gasteiger partial charge in [0.2, 0.25) is 11.8 Å². The second-order valence-electron chi connectivity index (χ2n) is 7.29. The van der Waals surface area contributed by atoms with Crippen LogP contribution in [0.2, 0.25) is 0 Å². The van der Waals surface area contributed by atoms with Crippen LogP contribution in [-0.2, 0) is 0 Å². The standard InChI is InChI=1S/C19H21FN6O3/c20-15-4-2-1-3-14(15)18(27)25-9-7-13(8-10-25)23-19-21-11-16(26(28)29)17(24-19)22-12-5-6-12/h1-4,11-13H,5-10H2,(H2,21,22,23,24). The van der Waals surface area contributed by atoms with Crippen molar-refractivity contribution in [2.45, 2.75) is 37.8 Å². The van der Waals surface area contributed by atoms with Crippen molar-refractivity contribution < 1.29 is 14.1 Å². The molecule has 1 aliphatic heterocycles. The second-order valence-corrected chi connectivity index (χ2v) is 7.29. The first kappa shape index (κ1) is 19.0. The molecule has 1 amide bonds. The van der Waals surface area contributed by atoms with Crippen LogP contribution in [0.3, 0.4) is 0 Å². The first-order valence-electron chi connectivity index (χ1n) is 9.59. The molecule has 2 aliphatic rings. The maximum absolute atomic E-state index is 13.9. The fourth-order valence-electron chi connectivity index (χ4n) is 3.32. The number of hydrogen-bond acceptors (Lipinski definition) is 7. The van der Waals surface area contributed by atoms with Crippen LogP contribution in [0.15, 0.2) is 30.5 Å². The highest BCUT2D eigenvalue weighted by Gasteiger charge is 2.28. The van der Waals surface area contributed by atoms with Crippen LogP contribution in [0.1, 0.15) is 36.0 Å². The first-order chi connectivity index (χ1) is 14.0. The van der Waals surface area contributed by atoms with E-state index in [0.29, 0.717) is 31.9 Å². The third-order valence-electron chi connectivity index (χ3n) is 5.10. The molecule has 0 spiro atoms. The van der Waals surface area contributed by atoms with Gasteiger partial charge in [-0.05, 0) is 37.8 Å². The zero-order valence-electron chi connectivity index (χ0n) is 15.7. The van der Waals surface area contributed by atoms with Crippen molar-refractivity contribution in [1.29, 1.82) is 0 Å². The molecule has 29 heavy (non-hydrogen) atoms. The smallest absolute Gasteiger partial charge is 0.329 e. The van der Waals surface area contributed by atoms with Crippen molar-refractivity contribution >= 4 is 23.4 Å². The van der Waals surface area contributed by atoms with Crippen LogP contribution in [0.25, 0.3) is 0 Å². The van der Waals surface area contributed by atoms with Crippen molar-refractivity contribution in [2.24, 2.45) is 0 Å². The fraction of sp³-hybridized carbons (Fsp3) is 0.421. The van der Waals surface area contributed by atoms with Gasteiger partial charge >= 0.3 is 5.69 Å². The van der Waals surface area contributed by atoms with Crippen LogP contribution in [0, 0.1) is 15.9 Å². The molecule has 1 aromatic carbocycles. The molecule has 1 aromatic heterocycles. The van der Waals surface area contributed by atoms with Crippen LogP contribution >= 0.6 is 0 Å². The molecule has 0 bridgehead atoms. The summed E-state index contributed by atoms with van der Waals surface area (Å²) in [4.78, 5) is 33.1. The summed E-state index contributed by atoms with van der Waals surface area (Å²) in [6, 6.07) is 6.21. The molecule has 9 nitrogen and oxygen atoms in total. The molecule has 10 heteroatoms. The summed E-state index contributed by atoms with van der Waals surface area (Å²) in [5.41, 5.74) is -0.0684. The molecule has 152 valence electrons. The minimum atomic E-state index is -0.521. The van der Waals surface area contributed by atoms with E-state index >= 15 is 0 Å². The number of piperidine rings is 1. The average molecular weight is 400 g/mol. The van der Waals surface area contributed by atoms with Gasteiger partial charge in [0.1, 0.15) is 12.0 Å². The van der Waals surface area contributed by atoms with Gasteiger partial charge in [0.05, 0.1) is 10.5 Å². The Morgan fingerprint density at radius 3 is 2.48 bits per heavy atom. The van der Waals surface area contributed by atoms with Crippen molar-refractivity contribution in [3.63, 3.8) is 0 Å². The molecule has 2 heterocycles. The Balaban J connectivity index is 1.37. The lowest BCUT2D eigenvalue weighted by Crippen LogP contribution is -2.42. The molecule has 4 rings (SSSR count). The van der Waals surface area contributed by atoms with E-state index in [1.54, 1.807) is 17.0 Å². The van der Waals surface area contributed by atoms with Gasteiger partial charge in [0.15, 0.2) is 0 Å². The van der Waals surface area contributed by atoms with Gasteiger partial charge in [-0.1, -0.05) is 12.1 Å². The zero-order valence-corrected chi connectivity index (χ0v) is 15.7. The zero-order chi connectivity index (χ0) is 20.4. The SMILES string of the molecule is O=C(c1ccccc1F)N1CCC(Nc2ncc([N+](=O)[O-])c(NC3CC3)n2)CC1. The predicted octanol–water partition coefficient (Wildman–Crippen LogP) is 2.81. The third kappa shape index (κ3) is 4.41. The second kappa shape index (κ2) is 7.98. The molecule has 0 atom stereocenters. The highest BCUT2D eigenvalue weighted by atomic mass is 19.1. The van der Waals surface area contributed by atoms with Crippen molar-refractivity contribution in [2.75, 3.05) is 23.7 Å². The summed E-state index contributed by atoms with van der Waals surface area (Å²) >= 11 is 0. The van der Waals surface area contributed by atoms with E-state index in [1.807, 2.05) is 0 Å². The molecular weight excluding hydrogens is 379 g/mol. The number of amides is 1. The minimum absolute atomic E-state index is 0.0231. The third-order valence-corrected chi connectivity index (χ3v) is 5.10. The maximum Gasteiger partial charge on any atom is 0.329 e. The summed E-state index contributed by atoms with van der Waals surface area (Å²) in [5, 5.41) is 17.4. The molecule has 1 saturated carbocycles. The predicted molar refractivity (Wildman–Crippen MR) is 104 cm³/mol. The number of anilines is 2. The summed E-state index contributed by atoms with van der Waals surface area (Å²) < 4.78 is 13.9. The van der Waals surface area contributed by atoms with E-state index in [2.05, 4.69) is 20.6 Å². The molecule has 2 N–H and O–H groups in total. The van der Waals surface area contributed by atoms with E-state index in [4.69, 9.17) is 0 Å². The Bertz CT molecular complexity index is 928. The Labute approximate surface area is 166 Å². The Kier molecular flexibility index (Phi) is 5.24. The number of benzene rings is 1. The number of carbonyl (C=O) groups excluding carboxylic acids is 1. The quantitative estimate of drug-likeness (QED) is 0.566. The van der Waals surface area contributed by atoms with E-state index in [1.165, 1.54) is 18.3 Å². The number of rotatable bonds is 6. The van der Waals surface area contributed by atoms with Crippen molar-refractivity contribution in [3.05, 3.63) is 52.0 Å². The van der Waals surface area contributed by atoms with E-state index in [9.17, 15) is 19.3 Å². The van der Waals surface area contributed by atoms with Gasteiger partial charge < -0.3 is 15.5 Å². The Morgan fingerprint density at radius 1 is 1.14 bits per heavy atom. The molecule has 1 aliphatic carbocycles. The largest absolute Gasteiger partial charge is 0.361 e. The van der Waals surface area contributed by atoms with Crippen LogP contribution in [-0.4, -0.2) is 50.9 Å². The average Bonchev–Trinajstić information content (AvgIpc) is 3.52. The van der Waals surface area contributed by atoms with Crippen LogP contribution in [0.5, 0.6) is 0 Å². The monoisotopic (exact) mass is 400 g/mol. The van der Waals surface area contributed by atoms with E-state index in [0.717, 1.165) is 12.8 Å². The van der Waals surface area contributed by atoms with Crippen LogP contribution in [0.4, 0.5) is 21.8 Å². The van der Waals surface area contributed by atoms with Gasteiger partial charge in [-0.25, -0.2) is 9.37 Å². The lowest BCUT2D eigenvalue weighted by Gasteiger charge is -2.32. The van der Waals surface area contributed by atoms with Gasteiger partial charge in [-0.2, -0.15) is 4.98 Å². The number of carbonyl (C=O) groups is 1. The lowest BCUT2D eigenvalue weighted by molar-refractivity contribution is -0.384. The van der Waals surface area contributed by atoms with E-state index in [-0.39, 0.29) is 35.1 Å².